The molecule has 1 atom stereocenters. The second kappa shape index (κ2) is 8.64. The third-order valence-corrected chi connectivity index (χ3v) is 5.34. The van der Waals surface area contributed by atoms with Gasteiger partial charge in [0.25, 0.3) is 5.56 Å². The van der Waals surface area contributed by atoms with Crippen LogP contribution in [0.4, 0.5) is 11.8 Å². The van der Waals surface area contributed by atoms with Crippen molar-refractivity contribution < 1.29 is 4.52 Å². The van der Waals surface area contributed by atoms with Crippen LogP contribution in [0.15, 0.2) is 58.4 Å². The summed E-state index contributed by atoms with van der Waals surface area (Å²) in [4.78, 5) is 35.2. The topological polar surface area (TPSA) is 174 Å². The standard InChI is InChI=1S/C23H18N10O2/c1-12(29-20-14(8-24)9-28-23(25)31-20)21-30-17-5-3-4-16(15-10-26-13(2)27-11-15)19(17)22(34)33(21)18-6-7-35-32-18/h3-7,9-12H,1-2H3,(H3,25,28,29,31)/t12-/m0/s1. The largest absolute Gasteiger partial charge is 0.368 e. The predicted molar refractivity (Wildman–Crippen MR) is 126 cm³/mol. The number of fused-ring (bicyclic) bond motifs is 1. The fourth-order valence-electron chi connectivity index (χ4n) is 3.71. The van der Waals surface area contributed by atoms with Crippen molar-refractivity contribution >= 4 is 22.7 Å². The van der Waals surface area contributed by atoms with Crippen LogP contribution in [0, 0.1) is 18.3 Å². The van der Waals surface area contributed by atoms with E-state index in [9.17, 15) is 10.1 Å². The molecule has 0 spiro atoms. The highest BCUT2D eigenvalue weighted by molar-refractivity contribution is 5.93. The Hall–Kier alpha value is -5.18. The van der Waals surface area contributed by atoms with E-state index in [-0.39, 0.29) is 28.7 Å². The van der Waals surface area contributed by atoms with Gasteiger partial charge in [0.15, 0.2) is 5.82 Å². The molecule has 12 nitrogen and oxygen atoms in total. The minimum absolute atomic E-state index is 0.00372. The summed E-state index contributed by atoms with van der Waals surface area (Å²) in [7, 11) is 0. The Balaban J connectivity index is 1.72. The van der Waals surface area contributed by atoms with Crippen molar-refractivity contribution in [2.45, 2.75) is 19.9 Å². The molecule has 4 aromatic heterocycles. The molecule has 172 valence electrons. The molecule has 0 bridgehead atoms. The second-order valence-electron chi connectivity index (χ2n) is 7.66. The Bertz CT molecular complexity index is 1640. The average Bonchev–Trinajstić information content (AvgIpc) is 3.38. The Morgan fingerprint density at radius 1 is 1.14 bits per heavy atom. The summed E-state index contributed by atoms with van der Waals surface area (Å²) in [5.74, 6) is 1.43. The van der Waals surface area contributed by atoms with Crippen LogP contribution in [0.3, 0.4) is 0 Å². The molecule has 3 N–H and O–H groups in total. The third kappa shape index (κ3) is 3.91. The molecule has 0 aliphatic carbocycles. The number of nitriles is 1. The van der Waals surface area contributed by atoms with Gasteiger partial charge in [-0.15, -0.1) is 0 Å². The maximum absolute atomic E-state index is 13.9. The smallest absolute Gasteiger partial charge is 0.267 e. The lowest BCUT2D eigenvalue weighted by molar-refractivity contribution is 0.415. The van der Waals surface area contributed by atoms with E-state index in [0.717, 1.165) is 0 Å². The molecule has 0 saturated heterocycles. The first-order chi connectivity index (χ1) is 17.0. The van der Waals surface area contributed by atoms with E-state index < -0.39 is 6.04 Å². The summed E-state index contributed by atoms with van der Waals surface area (Å²) in [6.45, 7) is 3.57. The summed E-state index contributed by atoms with van der Waals surface area (Å²) in [6.07, 6.45) is 6.02. The molecule has 0 fully saturated rings. The fourth-order valence-corrected chi connectivity index (χ4v) is 3.71. The summed E-state index contributed by atoms with van der Waals surface area (Å²) >= 11 is 0. The van der Waals surface area contributed by atoms with E-state index in [1.165, 1.54) is 17.0 Å². The monoisotopic (exact) mass is 466 g/mol. The quantitative estimate of drug-likeness (QED) is 0.389. The molecule has 0 aliphatic rings. The number of hydrogen-bond acceptors (Lipinski definition) is 11. The molecule has 4 heterocycles. The van der Waals surface area contributed by atoms with Gasteiger partial charge in [0.05, 0.1) is 23.1 Å². The van der Waals surface area contributed by atoms with Crippen LogP contribution in [0.25, 0.3) is 27.8 Å². The van der Waals surface area contributed by atoms with Gasteiger partial charge in [-0.1, -0.05) is 17.3 Å². The third-order valence-electron chi connectivity index (χ3n) is 5.34. The number of anilines is 2. The number of nitrogens with zero attached hydrogens (tertiary/aromatic N) is 8. The Kier molecular flexibility index (Phi) is 5.34. The SMILES string of the molecule is Cc1ncc(-c2cccc3nc([C@H](C)Nc4nc(N)ncc4C#N)n(-c4ccon4)c(=O)c23)cn1. The highest BCUT2D eigenvalue weighted by Crippen LogP contribution is 2.27. The number of rotatable bonds is 5. The molecule has 0 radical (unpaired) electrons. The highest BCUT2D eigenvalue weighted by Gasteiger charge is 2.22. The molecule has 0 amide bonds. The van der Waals surface area contributed by atoms with Gasteiger partial charge in [0, 0.05) is 24.0 Å². The van der Waals surface area contributed by atoms with Crippen LogP contribution in [-0.4, -0.2) is 34.6 Å². The lowest BCUT2D eigenvalue weighted by atomic mass is 10.0. The zero-order valence-corrected chi connectivity index (χ0v) is 18.7. The molecule has 5 aromatic rings. The van der Waals surface area contributed by atoms with Crippen LogP contribution in [0.5, 0.6) is 0 Å². The minimum atomic E-state index is -0.587. The van der Waals surface area contributed by atoms with Crippen molar-refractivity contribution in [1.29, 1.82) is 5.26 Å². The number of hydrogen-bond donors (Lipinski definition) is 2. The molecule has 5 rings (SSSR count). The summed E-state index contributed by atoms with van der Waals surface area (Å²) in [5, 5.41) is 16.9. The van der Waals surface area contributed by atoms with Crippen molar-refractivity contribution in [3.8, 4) is 23.0 Å². The van der Waals surface area contributed by atoms with Gasteiger partial charge in [0.2, 0.25) is 5.95 Å². The maximum Gasteiger partial charge on any atom is 0.267 e. The van der Waals surface area contributed by atoms with Crippen molar-refractivity contribution in [2.75, 3.05) is 11.1 Å². The first-order valence-electron chi connectivity index (χ1n) is 10.5. The Morgan fingerprint density at radius 2 is 1.94 bits per heavy atom. The molecule has 0 aliphatic heterocycles. The normalized spacial score (nSPS) is 11.8. The highest BCUT2D eigenvalue weighted by atomic mass is 16.5. The zero-order valence-electron chi connectivity index (χ0n) is 18.7. The van der Waals surface area contributed by atoms with E-state index in [1.54, 1.807) is 38.4 Å². The summed E-state index contributed by atoms with van der Waals surface area (Å²) in [6, 6.07) is 8.38. The Labute approximate surface area is 198 Å². The lowest BCUT2D eigenvalue weighted by Gasteiger charge is -2.19. The predicted octanol–water partition coefficient (Wildman–Crippen LogP) is 2.56. The molecular weight excluding hydrogens is 448 g/mol. The second-order valence-corrected chi connectivity index (χ2v) is 7.66. The molecule has 12 heteroatoms. The molecular formula is C23H18N10O2. The molecule has 1 aromatic carbocycles. The molecule has 0 unspecified atom stereocenters. The van der Waals surface area contributed by atoms with E-state index in [4.69, 9.17) is 15.2 Å². The zero-order chi connectivity index (χ0) is 24.5. The van der Waals surface area contributed by atoms with Crippen molar-refractivity contribution in [2.24, 2.45) is 0 Å². The number of nitrogen functional groups attached to an aromatic ring is 1. The van der Waals surface area contributed by atoms with Gasteiger partial charge in [-0.25, -0.2) is 24.5 Å². The Morgan fingerprint density at radius 3 is 2.66 bits per heavy atom. The fraction of sp³-hybridized carbons (Fsp3) is 0.130. The number of nitrogens with one attached hydrogen (secondary N) is 1. The van der Waals surface area contributed by atoms with E-state index in [0.29, 0.717) is 33.7 Å². The number of aryl methyl sites for hydroxylation is 1. The van der Waals surface area contributed by atoms with Crippen molar-refractivity contribution in [3.63, 3.8) is 0 Å². The van der Waals surface area contributed by atoms with E-state index >= 15 is 0 Å². The van der Waals surface area contributed by atoms with Crippen LogP contribution in [0.1, 0.15) is 30.2 Å². The minimum Gasteiger partial charge on any atom is -0.368 e. The van der Waals surface area contributed by atoms with Gasteiger partial charge in [0.1, 0.15) is 35.4 Å². The number of benzene rings is 1. The van der Waals surface area contributed by atoms with Gasteiger partial charge in [-0.05, 0) is 25.5 Å². The summed E-state index contributed by atoms with van der Waals surface area (Å²) in [5.41, 5.74) is 7.34. The summed E-state index contributed by atoms with van der Waals surface area (Å²) < 4.78 is 6.37. The van der Waals surface area contributed by atoms with Gasteiger partial charge in [-0.2, -0.15) is 10.2 Å². The van der Waals surface area contributed by atoms with Gasteiger partial charge < -0.3 is 15.6 Å². The first-order valence-corrected chi connectivity index (χ1v) is 10.5. The molecule has 35 heavy (non-hydrogen) atoms. The maximum atomic E-state index is 13.9. The molecule has 0 saturated carbocycles. The van der Waals surface area contributed by atoms with Crippen molar-refractivity contribution in [1.82, 2.24) is 34.6 Å². The number of nitrogens with two attached hydrogens (primary N) is 1. The average molecular weight is 466 g/mol. The van der Waals surface area contributed by atoms with Gasteiger partial charge >= 0.3 is 0 Å². The van der Waals surface area contributed by atoms with Crippen LogP contribution >= 0.6 is 0 Å². The van der Waals surface area contributed by atoms with E-state index in [2.05, 4.69) is 30.4 Å². The lowest BCUT2D eigenvalue weighted by Crippen LogP contribution is -2.28. The van der Waals surface area contributed by atoms with E-state index in [1.807, 2.05) is 18.2 Å². The number of aromatic nitrogens is 7. The van der Waals surface area contributed by atoms with Gasteiger partial charge in [-0.3, -0.25) is 4.79 Å². The van der Waals surface area contributed by atoms with Crippen LogP contribution < -0.4 is 16.6 Å². The first kappa shape index (κ1) is 21.7. The van der Waals surface area contributed by atoms with Crippen LogP contribution in [0.2, 0.25) is 0 Å². The van der Waals surface area contributed by atoms with Crippen molar-refractivity contribution in [3.05, 3.63) is 76.7 Å². The van der Waals surface area contributed by atoms with Crippen LogP contribution in [-0.2, 0) is 0 Å².